The van der Waals surface area contributed by atoms with E-state index in [0.29, 0.717) is 12.5 Å². The average Bonchev–Trinajstić information content (AvgIpc) is 2.60. The molecule has 0 spiro atoms. The Morgan fingerprint density at radius 3 is 2.81 bits per heavy atom. The fraction of sp³-hybridized carbons (Fsp3) is 0.636. The molecule has 0 saturated carbocycles. The molecule has 0 aliphatic heterocycles. The summed E-state index contributed by atoms with van der Waals surface area (Å²) < 4.78 is 0. The Balaban J connectivity index is 2.59. The Morgan fingerprint density at radius 1 is 1.69 bits per heavy atom. The largest absolute Gasteiger partial charge is 0.388 e. The van der Waals surface area contributed by atoms with E-state index >= 15 is 0 Å². The van der Waals surface area contributed by atoms with Gasteiger partial charge in [-0.3, -0.25) is 10.3 Å². The van der Waals surface area contributed by atoms with E-state index in [-0.39, 0.29) is 5.84 Å². The predicted octanol–water partition coefficient (Wildman–Crippen LogP) is 1.99. The third-order valence-electron chi connectivity index (χ3n) is 2.79. The SMILES string of the molecule is CCC(CC(=N)N)N(C)Cc1scnc1C. The van der Waals surface area contributed by atoms with Crippen molar-refractivity contribution in [3.63, 3.8) is 0 Å². The van der Waals surface area contributed by atoms with E-state index in [1.807, 2.05) is 12.4 Å². The lowest BCUT2D eigenvalue weighted by Crippen LogP contribution is -2.34. The zero-order valence-corrected chi connectivity index (χ0v) is 11.0. The highest BCUT2D eigenvalue weighted by Gasteiger charge is 2.15. The maximum absolute atomic E-state index is 7.35. The van der Waals surface area contributed by atoms with E-state index in [9.17, 15) is 0 Å². The van der Waals surface area contributed by atoms with Gasteiger partial charge in [0, 0.05) is 23.9 Å². The minimum atomic E-state index is 0.264. The Labute approximate surface area is 101 Å². The summed E-state index contributed by atoms with van der Waals surface area (Å²) in [6, 6.07) is 0.346. The zero-order valence-electron chi connectivity index (χ0n) is 10.2. The van der Waals surface area contributed by atoms with E-state index < -0.39 is 0 Å². The van der Waals surface area contributed by atoms with Crippen molar-refractivity contribution in [1.82, 2.24) is 9.88 Å². The molecule has 0 fully saturated rings. The second kappa shape index (κ2) is 5.96. The lowest BCUT2D eigenvalue weighted by atomic mass is 10.1. The summed E-state index contributed by atoms with van der Waals surface area (Å²) in [5, 5.41) is 7.35. The first kappa shape index (κ1) is 13.1. The van der Waals surface area contributed by atoms with Gasteiger partial charge in [0.2, 0.25) is 0 Å². The number of amidine groups is 1. The second-order valence-electron chi connectivity index (χ2n) is 4.07. The smallest absolute Gasteiger partial charge is 0.0921 e. The Hall–Kier alpha value is -0.940. The van der Waals surface area contributed by atoms with Gasteiger partial charge in [0.15, 0.2) is 0 Å². The van der Waals surface area contributed by atoms with Gasteiger partial charge in [-0.15, -0.1) is 11.3 Å². The van der Waals surface area contributed by atoms with Gasteiger partial charge in [0.1, 0.15) is 0 Å². The Kier molecular flexibility index (Phi) is 4.89. The lowest BCUT2D eigenvalue weighted by Gasteiger charge is -2.26. The molecule has 90 valence electrons. The molecule has 0 radical (unpaired) electrons. The standard InChI is InChI=1S/C11H20N4S/c1-4-9(5-11(12)13)15(3)6-10-8(2)14-7-16-10/h7,9H,4-6H2,1-3H3,(H3,12,13). The molecular formula is C11H20N4S. The van der Waals surface area contributed by atoms with Crippen molar-refractivity contribution in [2.24, 2.45) is 5.73 Å². The number of nitrogens with zero attached hydrogens (tertiary/aromatic N) is 2. The summed E-state index contributed by atoms with van der Waals surface area (Å²) in [6.07, 6.45) is 1.65. The number of nitrogens with two attached hydrogens (primary N) is 1. The number of aromatic nitrogens is 1. The maximum atomic E-state index is 7.35. The van der Waals surface area contributed by atoms with Gasteiger partial charge < -0.3 is 5.73 Å². The number of thiazole rings is 1. The molecule has 0 aliphatic carbocycles. The molecule has 1 unspecified atom stereocenters. The number of aryl methyl sites for hydroxylation is 1. The first-order valence-corrected chi connectivity index (χ1v) is 6.34. The third-order valence-corrected chi connectivity index (χ3v) is 3.71. The molecule has 5 heteroatoms. The number of rotatable bonds is 6. The Bertz CT molecular complexity index is 348. The monoisotopic (exact) mass is 240 g/mol. The highest BCUT2D eigenvalue weighted by atomic mass is 32.1. The van der Waals surface area contributed by atoms with Gasteiger partial charge in [-0.2, -0.15) is 0 Å². The second-order valence-corrected chi connectivity index (χ2v) is 5.01. The van der Waals surface area contributed by atoms with Gasteiger partial charge in [-0.05, 0) is 20.4 Å². The molecule has 3 N–H and O–H groups in total. The molecule has 1 heterocycles. The molecule has 1 aromatic rings. The van der Waals surface area contributed by atoms with Crippen molar-refractivity contribution in [3.05, 3.63) is 16.1 Å². The summed E-state index contributed by atoms with van der Waals surface area (Å²) in [4.78, 5) is 7.79. The molecule has 1 rings (SSSR count). The third kappa shape index (κ3) is 3.57. The van der Waals surface area contributed by atoms with Gasteiger partial charge in [0.25, 0.3) is 0 Å². The van der Waals surface area contributed by atoms with E-state index in [0.717, 1.165) is 18.7 Å². The minimum absolute atomic E-state index is 0.264. The predicted molar refractivity (Wildman–Crippen MR) is 68.9 cm³/mol. The fourth-order valence-corrected chi connectivity index (χ4v) is 2.54. The summed E-state index contributed by atoms with van der Waals surface area (Å²) in [5.74, 6) is 0.264. The minimum Gasteiger partial charge on any atom is -0.388 e. The molecule has 16 heavy (non-hydrogen) atoms. The maximum Gasteiger partial charge on any atom is 0.0921 e. The summed E-state index contributed by atoms with van der Waals surface area (Å²) >= 11 is 1.69. The van der Waals surface area contributed by atoms with Crippen LogP contribution in [0.15, 0.2) is 5.51 Å². The van der Waals surface area contributed by atoms with E-state index in [1.165, 1.54) is 4.88 Å². The highest BCUT2D eigenvalue weighted by molar-refractivity contribution is 7.09. The molecule has 0 aliphatic rings. The van der Waals surface area contributed by atoms with Gasteiger partial charge >= 0.3 is 0 Å². The van der Waals surface area contributed by atoms with Crippen LogP contribution >= 0.6 is 11.3 Å². The van der Waals surface area contributed by atoms with Crippen LogP contribution in [0.25, 0.3) is 0 Å². The quantitative estimate of drug-likeness (QED) is 0.590. The summed E-state index contributed by atoms with van der Waals surface area (Å²) in [7, 11) is 2.08. The number of nitrogens with one attached hydrogen (secondary N) is 1. The molecule has 4 nitrogen and oxygen atoms in total. The van der Waals surface area contributed by atoms with Crippen LogP contribution in [0, 0.1) is 12.3 Å². The van der Waals surface area contributed by atoms with Gasteiger partial charge in [-0.25, -0.2) is 4.98 Å². The average molecular weight is 240 g/mol. The molecule has 1 aromatic heterocycles. The summed E-state index contributed by atoms with van der Waals surface area (Å²) in [6.45, 7) is 5.05. The molecule has 0 aromatic carbocycles. The highest BCUT2D eigenvalue weighted by Crippen LogP contribution is 2.17. The molecule has 0 bridgehead atoms. The van der Waals surface area contributed by atoms with E-state index in [2.05, 4.69) is 23.9 Å². The van der Waals surface area contributed by atoms with Crippen LogP contribution < -0.4 is 5.73 Å². The van der Waals surface area contributed by atoms with E-state index in [4.69, 9.17) is 11.1 Å². The van der Waals surface area contributed by atoms with Crippen molar-refractivity contribution in [3.8, 4) is 0 Å². The molecule has 0 saturated heterocycles. The topological polar surface area (TPSA) is 66.0 Å². The van der Waals surface area contributed by atoms with Crippen molar-refractivity contribution in [2.75, 3.05) is 7.05 Å². The first-order valence-electron chi connectivity index (χ1n) is 5.46. The number of hydrogen-bond donors (Lipinski definition) is 2. The molecule has 1 atom stereocenters. The van der Waals surface area contributed by atoms with Crippen LogP contribution in [0.4, 0.5) is 0 Å². The van der Waals surface area contributed by atoms with Gasteiger partial charge in [-0.1, -0.05) is 6.92 Å². The first-order chi connectivity index (χ1) is 7.54. The van der Waals surface area contributed by atoms with Crippen molar-refractivity contribution >= 4 is 17.2 Å². The molecule has 0 amide bonds. The van der Waals surface area contributed by atoms with Crippen LogP contribution in [0.1, 0.15) is 30.3 Å². The van der Waals surface area contributed by atoms with Crippen LogP contribution in [0.5, 0.6) is 0 Å². The van der Waals surface area contributed by atoms with Crippen molar-refractivity contribution < 1.29 is 0 Å². The fourth-order valence-electron chi connectivity index (χ4n) is 1.70. The van der Waals surface area contributed by atoms with E-state index in [1.54, 1.807) is 11.3 Å². The zero-order chi connectivity index (χ0) is 12.1. The van der Waals surface area contributed by atoms with Crippen LogP contribution in [-0.4, -0.2) is 28.8 Å². The number of hydrogen-bond acceptors (Lipinski definition) is 4. The van der Waals surface area contributed by atoms with Crippen molar-refractivity contribution in [2.45, 2.75) is 39.3 Å². The van der Waals surface area contributed by atoms with Crippen LogP contribution in [-0.2, 0) is 6.54 Å². The van der Waals surface area contributed by atoms with Crippen LogP contribution in [0.3, 0.4) is 0 Å². The summed E-state index contributed by atoms with van der Waals surface area (Å²) in [5.41, 5.74) is 8.44. The van der Waals surface area contributed by atoms with Crippen molar-refractivity contribution in [1.29, 1.82) is 5.41 Å². The normalized spacial score (nSPS) is 13.0. The Morgan fingerprint density at radius 2 is 2.38 bits per heavy atom. The van der Waals surface area contributed by atoms with Crippen LogP contribution in [0.2, 0.25) is 0 Å². The van der Waals surface area contributed by atoms with Gasteiger partial charge in [0.05, 0.1) is 17.0 Å². The lowest BCUT2D eigenvalue weighted by molar-refractivity contribution is 0.234. The molecular weight excluding hydrogens is 220 g/mol.